The van der Waals surface area contributed by atoms with Crippen molar-refractivity contribution in [3.05, 3.63) is 71.7 Å². The minimum Gasteiger partial charge on any atom is -0.461 e. The molecule has 2 aromatic carbocycles. The second-order valence-electron chi connectivity index (χ2n) is 4.29. The van der Waals surface area contributed by atoms with Crippen molar-refractivity contribution in [2.24, 2.45) is 0 Å². The highest BCUT2D eigenvalue weighted by Crippen LogP contribution is 2.24. The summed E-state index contributed by atoms with van der Waals surface area (Å²) in [4.78, 5) is 12.4. The van der Waals surface area contributed by atoms with Crippen LogP contribution in [0.3, 0.4) is 0 Å². The SMILES string of the molecule is Cc1ccc2ccccc2c1C(=O)c1ccco1. The van der Waals surface area contributed by atoms with E-state index in [0.717, 1.165) is 21.9 Å². The summed E-state index contributed by atoms with van der Waals surface area (Å²) in [5.41, 5.74) is 1.69. The Balaban J connectivity index is 2.28. The van der Waals surface area contributed by atoms with Crippen LogP contribution in [0.5, 0.6) is 0 Å². The number of benzene rings is 2. The quantitative estimate of drug-likeness (QED) is 0.630. The molecule has 0 amide bonds. The molecule has 0 aliphatic carbocycles. The third-order valence-electron chi connectivity index (χ3n) is 3.11. The van der Waals surface area contributed by atoms with Crippen molar-refractivity contribution in [2.75, 3.05) is 0 Å². The van der Waals surface area contributed by atoms with Gasteiger partial charge in [-0.05, 0) is 35.4 Å². The van der Waals surface area contributed by atoms with Crippen molar-refractivity contribution in [3.63, 3.8) is 0 Å². The number of carbonyl (C=O) groups is 1. The Kier molecular flexibility index (Phi) is 2.49. The molecule has 0 spiro atoms. The highest BCUT2D eigenvalue weighted by Gasteiger charge is 2.17. The monoisotopic (exact) mass is 236 g/mol. The van der Waals surface area contributed by atoms with Gasteiger partial charge in [0.1, 0.15) is 0 Å². The summed E-state index contributed by atoms with van der Waals surface area (Å²) in [6.07, 6.45) is 1.52. The van der Waals surface area contributed by atoms with E-state index in [9.17, 15) is 4.79 Å². The normalized spacial score (nSPS) is 10.7. The summed E-state index contributed by atoms with van der Waals surface area (Å²) in [5, 5.41) is 2.04. The lowest BCUT2D eigenvalue weighted by molar-refractivity contribution is 0.101. The molecule has 0 aliphatic heterocycles. The van der Waals surface area contributed by atoms with Gasteiger partial charge in [-0.1, -0.05) is 36.4 Å². The zero-order valence-corrected chi connectivity index (χ0v) is 10.0. The van der Waals surface area contributed by atoms with Crippen LogP contribution in [0.2, 0.25) is 0 Å². The number of rotatable bonds is 2. The first-order valence-corrected chi connectivity index (χ1v) is 5.84. The molecule has 1 aromatic heterocycles. The third kappa shape index (κ3) is 1.63. The van der Waals surface area contributed by atoms with Gasteiger partial charge >= 0.3 is 0 Å². The number of aryl methyl sites for hydroxylation is 1. The minimum atomic E-state index is -0.0608. The molecule has 0 atom stereocenters. The third-order valence-corrected chi connectivity index (χ3v) is 3.11. The van der Waals surface area contributed by atoms with Gasteiger partial charge in [-0.25, -0.2) is 0 Å². The largest absolute Gasteiger partial charge is 0.461 e. The average Bonchev–Trinajstić information content (AvgIpc) is 2.92. The second kappa shape index (κ2) is 4.15. The number of fused-ring (bicyclic) bond motifs is 1. The van der Waals surface area contributed by atoms with Gasteiger partial charge in [0.15, 0.2) is 5.76 Å². The predicted molar refractivity (Wildman–Crippen MR) is 70.8 cm³/mol. The Bertz CT molecular complexity index is 709. The van der Waals surface area contributed by atoms with E-state index in [1.165, 1.54) is 6.26 Å². The molecule has 3 rings (SSSR count). The summed E-state index contributed by atoms with van der Waals surface area (Å²) in [7, 11) is 0. The smallest absolute Gasteiger partial charge is 0.229 e. The first-order valence-electron chi connectivity index (χ1n) is 5.84. The van der Waals surface area contributed by atoms with Crippen molar-refractivity contribution < 1.29 is 9.21 Å². The molecule has 0 saturated carbocycles. The van der Waals surface area contributed by atoms with Gasteiger partial charge in [0.25, 0.3) is 0 Å². The Labute approximate surface area is 105 Å². The highest BCUT2D eigenvalue weighted by atomic mass is 16.3. The Morgan fingerprint density at radius 2 is 1.83 bits per heavy atom. The molecular weight excluding hydrogens is 224 g/mol. The van der Waals surface area contributed by atoms with Gasteiger partial charge in [0.05, 0.1) is 6.26 Å². The van der Waals surface area contributed by atoms with Crippen molar-refractivity contribution in [1.82, 2.24) is 0 Å². The molecule has 0 unspecified atom stereocenters. The highest BCUT2D eigenvalue weighted by molar-refractivity contribution is 6.16. The molecule has 3 aromatic rings. The van der Waals surface area contributed by atoms with Crippen LogP contribution in [-0.4, -0.2) is 5.78 Å². The first-order chi connectivity index (χ1) is 8.77. The lowest BCUT2D eigenvalue weighted by Crippen LogP contribution is -2.03. The fourth-order valence-electron chi connectivity index (χ4n) is 2.21. The maximum Gasteiger partial charge on any atom is 0.229 e. The van der Waals surface area contributed by atoms with E-state index in [2.05, 4.69) is 0 Å². The van der Waals surface area contributed by atoms with Crippen LogP contribution in [0, 0.1) is 6.92 Å². The van der Waals surface area contributed by atoms with E-state index < -0.39 is 0 Å². The van der Waals surface area contributed by atoms with Gasteiger partial charge in [-0.3, -0.25) is 4.79 Å². The van der Waals surface area contributed by atoms with Crippen LogP contribution in [0.15, 0.2) is 59.2 Å². The molecule has 0 fully saturated rings. The maximum atomic E-state index is 12.4. The molecule has 2 heteroatoms. The van der Waals surface area contributed by atoms with Crippen LogP contribution in [0.25, 0.3) is 10.8 Å². The van der Waals surface area contributed by atoms with Crippen molar-refractivity contribution in [1.29, 1.82) is 0 Å². The van der Waals surface area contributed by atoms with Crippen LogP contribution < -0.4 is 0 Å². The zero-order chi connectivity index (χ0) is 12.5. The first kappa shape index (κ1) is 10.8. The van der Waals surface area contributed by atoms with E-state index in [1.807, 2.05) is 43.3 Å². The standard InChI is InChI=1S/C16H12O2/c1-11-8-9-12-5-2-3-6-13(12)15(11)16(17)14-7-4-10-18-14/h2-10H,1H3. The second-order valence-corrected chi connectivity index (χ2v) is 4.29. The molecule has 1 heterocycles. The number of furan rings is 1. The Morgan fingerprint density at radius 3 is 2.61 bits per heavy atom. The lowest BCUT2D eigenvalue weighted by Gasteiger charge is -2.07. The summed E-state index contributed by atoms with van der Waals surface area (Å²) in [6.45, 7) is 1.95. The van der Waals surface area contributed by atoms with Crippen LogP contribution >= 0.6 is 0 Å². The van der Waals surface area contributed by atoms with E-state index in [4.69, 9.17) is 4.42 Å². The lowest BCUT2D eigenvalue weighted by atomic mass is 9.96. The molecule has 0 saturated heterocycles. The van der Waals surface area contributed by atoms with Crippen LogP contribution in [0.1, 0.15) is 21.7 Å². The number of hydrogen-bond acceptors (Lipinski definition) is 2. The van der Waals surface area contributed by atoms with Gasteiger partial charge in [0, 0.05) is 5.56 Å². The summed E-state index contributed by atoms with van der Waals surface area (Å²) in [5.74, 6) is 0.323. The predicted octanol–water partition coefficient (Wildman–Crippen LogP) is 3.97. The van der Waals surface area contributed by atoms with Gasteiger partial charge in [-0.2, -0.15) is 0 Å². The van der Waals surface area contributed by atoms with Gasteiger partial charge < -0.3 is 4.42 Å². The molecule has 0 radical (unpaired) electrons. The fraction of sp³-hybridized carbons (Fsp3) is 0.0625. The Morgan fingerprint density at radius 1 is 1.00 bits per heavy atom. The van der Waals surface area contributed by atoms with Crippen LogP contribution in [0.4, 0.5) is 0 Å². The summed E-state index contributed by atoms with van der Waals surface area (Å²) < 4.78 is 5.20. The topological polar surface area (TPSA) is 30.2 Å². The molecule has 18 heavy (non-hydrogen) atoms. The average molecular weight is 236 g/mol. The van der Waals surface area contributed by atoms with Gasteiger partial charge in [-0.15, -0.1) is 0 Å². The molecule has 0 bridgehead atoms. The fourth-order valence-corrected chi connectivity index (χ4v) is 2.21. The maximum absolute atomic E-state index is 12.4. The van der Waals surface area contributed by atoms with E-state index in [-0.39, 0.29) is 5.78 Å². The number of hydrogen-bond donors (Lipinski definition) is 0. The molecular formula is C16H12O2. The van der Waals surface area contributed by atoms with Crippen molar-refractivity contribution in [2.45, 2.75) is 6.92 Å². The van der Waals surface area contributed by atoms with Crippen molar-refractivity contribution in [3.8, 4) is 0 Å². The van der Waals surface area contributed by atoms with Crippen LogP contribution in [-0.2, 0) is 0 Å². The van der Waals surface area contributed by atoms with Crippen molar-refractivity contribution >= 4 is 16.6 Å². The van der Waals surface area contributed by atoms with Gasteiger partial charge in [0.2, 0.25) is 5.78 Å². The molecule has 88 valence electrons. The molecule has 2 nitrogen and oxygen atoms in total. The minimum absolute atomic E-state index is 0.0608. The van der Waals surface area contributed by atoms with E-state index in [0.29, 0.717) is 5.76 Å². The van der Waals surface area contributed by atoms with E-state index in [1.54, 1.807) is 12.1 Å². The molecule has 0 N–H and O–H groups in total. The Hall–Kier alpha value is -2.35. The zero-order valence-electron chi connectivity index (χ0n) is 10.0. The van der Waals surface area contributed by atoms with E-state index >= 15 is 0 Å². The summed E-state index contributed by atoms with van der Waals surface area (Å²) in [6, 6.07) is 15.3. The number of carbonyl (C=O) groups excluding carboxylic acids is 1. The molecule has 0 aliphatic rings. The number of ketones is 1. The summed E-state index contributed by atoms with van der Waals surface area (Å²) >= 11 is 0.